The van der Waals surface area contributed by atoms with E-state index >= 15 is 0 Å². The van der Waals surface area contributed by atoms with Crippen LogP contribution in [0.1, 0.15) is 73.7 Å². The minimum absolute atomic E-state index is 0.313. The van der Waals surface area contributed by atoms with E-state index in [4.69, 9.17) is 10.7 Å². The first-order chi connectivity index (χ1) is 19.9. The van der Waals surface area contributed by atoms with Crippen LogP contribution < -0.4 is 16.5 Å². The molecule has 0 amide bonds. The maximum Gasteiger partial charge on any atom is 0.185 e. The first-order valence-electron chi connectivity index (χ1n) is 14.0. The maximum atomic E-state index is 13.9. The first kappa shape index (κ1) is 29.8. The van der Waals surface area contributed by atoms with E-state index in [0.717, 1.165) is 29.0 Å². The number of nitrogen functional groups attached to an aromatic ring is 1. The van der Waals surface area contributed by atoms with Crippen molar-refractivity contribution >= 4 is 39.8 Å². The van der Waals surface area contributed by atoms with Gasteiger partial charge in [-0.2, -0.15) is 5.10 Å². The number of unbranched alkanes of at least 4 members (excludes halogenated alkanes) is 6. The molecule has 0 aliphatic rings. The molecule has 8 nitrogen and oxygen atoms in total. The van der Waals surface area contributed by atoms with Crippen molar-refractivity contribution in [2.45, 2.75) is 65.2 Å². The molecule has 214 valence electrons. The Labute approximate surface area is 245 Å². The van der Waals surface area contributed by atoms with Gasteiger partial charge in [0.25, 0.3) is 0 Å². The number of pyridine rings is 1. The second kappa shape index (κ2) is 15.0. The number of thiophene rings is 1. The van der Waals surface area contributed by atoms with E-state index < -0.39 is 0 Å². The predicted molar refractivity (Wildman–Crippen MR) is 168 cm³/mol. The van der Waals surface area contributed by atoms with Crippen LogP contribution in [0.25, 0.3) is 17.1 Å². The van der Waals surface area contributed by atoms with E-state index in [-0.39, 0.29) is 5.82 Å². The molecule has 0 saturated heterocycles. The monoisotopic (exact) mass is 572 g/mol. The average molecular weight is 573 g/mol. The molecule has 0 saturated carbocycles. The SMILES string of the molecule is C=C(Nc1nc(-c2ccc(CCCCCCCCC)nc2)nnc1/C=N\Nc1ccc(C)c(F)c1)c1ccc(N)s1. The van der Waals surface area contributed by atoms with Crippen LogP contribution in [0.5, 0.6) is 0 Å². The predicted octanol–water partition coefficient (Wildman–Crippen LogP) is 7.85. The van der Waals surface area contributed by atoms with Crippen LogP contribution in [0, 0.1) is 12.7 Å². The van der Waals surface area contributed by atoms with E-state index in [9.17, 15) is 4.39 Å². The van der Waals surface area contributed by atoms with Crippen LogP contribution in [0.15, 0.2) is 60.3 Å². The highest BCUT2D eigenvalue weighted by molar-refractivity contribution is 7.16. The maximum absolute atomic E-state index is 13.9. The Balaban J connectivity index is 1.47. The molecular weight excluding hydrogens is 535 g/mol. The van der Waals surface area contributed by atoms with Gasteiger partial charge in [-0.15, -0.1) is 21.5 Å². The number of hydrazone groups is 1. The highest BCUT2D eigenvalue weighted by Gasteiger charge is 2.13. The second-order valence-corrected chi connectivity index (χ2v) is 11.0. The molecule has 0 aliphatic heterocycles. The van der Waals surface area contributed by atoms with E-state index in [2.05, 4.69) is 44.5 Å². The summed E-state index contributed by atoms with van der Waals surface area (Å²) in [6, 6.07) is 12.5. The van der Waals surface area contributed by atoms with E-state index in [1.165, 1.54) is 62.1 Å². The highest BCUT2D eigenvalue weighted by atomic mass is 32.1. The number of nitrogens with two attached hydrogens (primary N) is 1. The molecule has 0 aliphatic carbocycles. The summed E-state index contributed by atoms with van der Waals surface area (Å²) >= 11 is 1.41. The van der Waals surface area contributed by atoms with Crippen molar-refractivity contribution in [3.63, 3.8) is 0 Å². The van der Waals surface area contributed by atoms with Gasteiger partial charge < -0.3 is 11.1 Å². The fraction of sp³-hybridized carbons (Fsp3) is 0.323. The number of hydrogen-bond donors (Lipinski definition) is 3. The molecule has 4 N–H and O–H groups in total. The van der Waals surface area contributed by atoms with Gasteiger partial charge in [0.15, 0.2) is 11.6 Å². The number of nitrogens with one attached hydrogen (secondary N) is 2. The number of hydrogen-bond acceptors (Lipinski definition) is 9. The van der Waals surface area contributed by atoms with Crippen LogP contribution in [0.3, 0.4) is 0 Å². The molecular formula is C31H37FN8S. The first-order valence-corrected chi connectivity index (χ1v) is 14.8. The summed E-state index contributed by atoms with van der Waals surface area (Å²) in [4.78, 5) is 10.2. The van der Waals surface area contributed by atoms with Crippen molar-refractivity contribution in [1.29, 1.82) is 0 Å². The molecule has 0 spiro atoms. The van der Waals surface area contributed by atoms with Crippen molar-refractivity contribution < 1.29 is 4.39 Å². The lowest BCUT2D eigenvalue weighted by molar-refractivity contribution is 0.587. The lowest BCUT2D eigenvalue weighted by atomic mass is 10.1. The van der Waals surface area contributed by atoms with Crippen LogP contribution in [-0.2, 0) is 6.42 Å². The molecule has 3 aromatic heterocycles. The zero-order chi connectivity index (χ0) is 29.0. The molecule has 0 fully saturated rings. The van der Waals surface area contributed by atoms with Crippen LogP contribution in [-0.4, -0.2) is 26.4 Å². The van der Waals surface area contributed by atoms with E-state index in [1.807, 2.05) is 24.3 Å². The quantitative estimate of drug-likeness (QED) is 0.0755. The number of rotatable bonds is 15. The minimum atomic E-state index is -0.313. The average Bonchev–Trinajstić information content (AvgIpc) is 3.42. The summed E-state index contributed by atoms with van der Waals surface area (Å²) in [6.07, 6.45) is 13.1. The normalized spacial score (nSPS) is 11.2. The Morgan fingerprint density at radius 2 is 1.85 bits per heavy atom. The number of halogens is 1. The van der Waals surface area contributed by atoms with Gasteiger partial charge in [0.1, 0.15) is 11.5 Å². The van der Waals surface area contributed by atoms with Gasteiger partial charge in [-0.05, 0) is 61.7 Å². The molecule has 41 heavy (non-hydrogen) atoms. The third-order valence-corrected chi connectivity index (χ3v) is 7.55. The van der Waals surface area contributed by atoms with E-state index in [1.54, 1.807) is 25.3 Å². The largest absolute Gasteiger partial charge is 0.391 e. The van der Waals surface area contributed by atoms with Gasteiger partial charge in [-0.25, -0.2) is 9.37 Å². The Morgan fingerprint density at radius 1 is 1.05 bits per heavy atom. The molecule has 10 heteroatoms. The molecule has 0 bridgehead atoms. The van der Waals surface area contributed by atoms with E-state index in [0.29, 0.717) is 39.3 Å². The number of aromatic nitrogens is 4. The number of anilines is 3. The standard InChI is InChI=1S/C31H37FN8S/c1-4-5-6-7-8-9-10-11-24-15-13-23(19-34-24)30-37-31(36-22(3)28-16-17-29(33)41-28)27(39-40-30)20-35-38-25-14-12-21(2)26(32)18-25/h12-20,38H,3-11,33H2,1-2H3,(H,36,37,40)/b35-20-. The van der Waals surface area contributed by atoms with Crippen LogP contribution in [0.2, 0.25) is 0 Å². The lowest BCUT2D eigenvalue weighted by Crippen LogP contribution is -2.08. The smallest absolute Gasteiger partial charge is 0.185 e. The molecule has 1 aromatic carbocycles. The van der Waals surface area contributed by atoms with Crippen molar-refractivity contribution in [2.24, 2.45) is 5.10 Å². The Bertz CT molecular complexity index is 1470. The fourth-order valence-corrected chi connectivity index (χ4v) is 4.85. The number of nitrogens with zero attached hydrogens (tertiary/aromatic N) is 5. The number of aryl methyl sites for hydroxylation is 2. The topological polar surface area (TPSA) is 114 Å². The molecule has 0 radical (unpaired) electrons. The van der Waals surface area contributed by atoms with Crippen molar-refractivity contribution in [1.82, 2.24) is 20.2 Å². The molecule has 0 atom stereocenters. The van der Waals surface area contributed by atoms with Gasteiger partial charge in [0.2, 0.25) is 0 Å². The summed E-state index contributed by atoms with van der Waals surface area (Å²) in [5, 5.41) is 16.8. The van der Waals surface area contributed by atoms with Gasteiger partial charge in [-0.1, -0.05) is 58.1 Å². The van der Waals surface area contributed by atoms with Crippen LogP contribution >= 0.6 is 11.3 Å². The zero-order valence-corrected chi connectivity index (χ0v) is 24.5. The Morgan fingerprint density at radius 3 is 2.56 bits per heavy atom. The minimum Gasteiger partial charge on any atom is -0.391 e. The summed E-state index contributed by atoms with van der Waals surface area (Å²) in [6.45, 7) is 8.08. The Hall–Kier alpha value is -4.18. The third kappa shape index (κ3) is 8.91. The molecule has 4 aromatic rings. The fourth-order valence-electron chi connectivity index (χ4n) is 4.15. The van der Waals surface area contributed by atoms with Crippen molar-refractivity contribution in [3.05, 3.63) is 82.9 Å². The van der Waals surface area contributed by atoms with Gasteiger partial charge in [0.05, 0.1) is 21.8 Å². The summed E-state index contributed by atoms with van der Waals surface area (Å²) in [5.74, 6) is 0.526. The van der Waals surface area contributed by atoms with Crippen molar-refractivity contribution in [3.8, 4) is 11.4 Å². The summed E-state index contributed by atoms with van der Waals surface area (Å²) in [7, 11) is 0. The molecule has 3 heterocycles. The summed E-state index contributed by atoms with van der Waals surface area (Å²) in [5.41, 5.74) is 12.6. The van der Waals surface area contributed by atoms with Gasteiger partial charge in [-0.3, -0.25) is 10.4 Å². The second-order valence-electron chi connectivity index (χ2n) is 9.92. The Kier molecular flexibility index (Phi) is 10.9. The van der Waals surface area contributed by atoms with Crippen LogP contribution in [0.4, 0.5) is 20.9 Å². The molecule has 4 rings (SSSR count). The number of benzene rings is 1. The molecule has 0 unspecified atom stereocenters. The van der Waals surface area contributed by atoms with Gasteiger partial charge >= 0.3 is 0 Å². The highest BCUT2D eigenvalue weighted by Crippen LogP contribution is 2.27. The third-order valence-electron chi connectivity index (χ3n) is 6.58. The van der Waals surface area contributed by atoms with Crippen molar-refractivity contribution in [2.75, 3.05) is 16.5 Å². The summed E-state index contributed by atoms with van der Waals surface area (Å²) < 4.78 is 13.9. The zero-order valence-electron chi connectivity index (χ0n) is 23.7. The van der Waals surface area contributed by atoms with Gasteiger partial charge in [0, 0.05) is 23.2 Å². The lowest BCUT2D eigenvalue weighted by Gasteiger charge is -2.11.